The van der Waals surface area contributed by atoms with Crippen molar-refractivity contribution in [3.8, 4) is 0 Å². The molecule has 4 nitrogen and oxygen atoms in total. The number of nitrogens with one attached hydrogen (secondary N) is 1. The summed E-state index contributed by atoms with van der Waals surface area (Å²) in [5.74, 6) is -4.94. The average molecular weight is 240 g/mol. The van der Waals surface area contributed by atoms with Crippen LogP contribution in [0, 0.1) is 23.5 Å². The summed E-state index contributed by atoms with van der Waals surface area (Å²) in [4.78, 5) is 21.9. The summed E-state index contributed by atoms with van der Waals surface area (Å²) < 4.78 is 26.0. The number of carboxylic acids is 1. The van der Waals surface area contributed by atoms with Crippen LogP contribution >= 0.6 is 0 Å². The summed E-state index contributed by atoms with van der Waals surface area (Å²) in [6.45, 7) is 0. The van der Waals surface area contributed by atoms with Crippen molar-refractivity contribution in [3.63, 3.8) is 0 Å². The van der Waals surface area contributed by atoms with Crippen molar-refractivity contribution in [2.75, 3.05) is 5.32 Å². The third-order valence-corrected chi connectivity index (χ3v) is 2.62. The SMILES string of the molecule is O=C([O-])[C@H]1C[C@@H]1C(=O)Nc1cc(F)ccc1F. The number of carboxylic acid groups (broad SMARTS) is 1. The minimum absolute atomic E-state index is 0.172. The largest absolute Gasteiger partial charge is 0.550 e. The van der Waals surface area contributed by atoms with Crippen molar-refractivity contribution in [1.29, 1.82) is 0 Å². The topological polar surface area (TPSA) is 69.2 Å². The highest BCUT2D eigenvalue weighted by atomic mass is 19.1. The van der Waals surface area contributed by atoms with E-state index >= 15 is 0 Å². The van der Waals surface area contributed by atoms with Gasteiger partial charge in [0.05, 0.1) is 5.69 Å². The Morgan fingerprint density at radius 1 is 1.29 bits per heavy atom. The average Bonchev–Trinajstić information content (AvgIpc) is 3.03. The number of halogens is 2. The molecule has 1 saturated carbocycles. The minimum Gasteiger partial charge on any atom is -0.550 e. The maximum atomic E-state index is 13.2. The lowest BCUT2D eigenvalue weighted by molar-refractivity contribution is -0.308. The Kier molecular flexibility index (Phi) is 2.79. The lowest BCUT2D eigenvalue weighted by Crippen LogP contribution is -2.27. The number of carbonyl (C=O) groups excluding carboxylic acids is 2. The van der Waals surface area contributed by atoms with Crippen LogP contribution in [0.4, 0.5) is 14.5 Å². The normalized spacial score (nSPS) is 22.0. The van der Waals surface area contributed by atoms with Crippen molar-refractivity contribution in [2.24, 2.45) is 11.8 Å². The summed E-state index contributed by atoms with van der Waals surface area (Å²) in [5.41, 5.74) is -0.293. The molecule has 1 aliphatic rings. The van der Waals surface area contributed by atoms with Crippen LogP contribution in [0.2, 0.25) is 0 Å². The van der Waals surface area contributed by atoms with E-state index < -0.39 is 35.3 Å². The second-order valence-electron chi connectivity index (χ2n) is 3.88. The number of aliphatic carboxylic acids is 1. The monoisotopic (exact) mass is 240 g/mol. The van der Waals surface area contributed by atoms with Gasteiger partial charge in [-0.15, -0.1) is 0 Å². The van der Waals surface area contributed by atoms with Gasteiger partial charge in [0.2, 0.25) is 5.91 Å². The van der Waals surface area contributed by atoms with Crippen molar-refractivity contribution in [1.82, 2.24) is 0 Å². The zero-order valence-electron chi connectivity index (χ0n) is 8.57. The van der Waals surface area contributed by atoms with Crippen LogP contribution in [-0.4, -0.2) is 11.9 Å². The van der Waals surface area contributed by atoms with Crippen LogP contribution in [0.3, 0.4) is 0 Å². The Morgan fingerprint density at radius 3 is 2.59 bits per heavy atom. The van der Waals surface area contributed by atoms with E-state index in [9.17, 15) is 23.5 Å². The van der Waals surface area contributed by atoms with Crippen molar-refractivity contribution in [3.05, 3.63) is 29.8 Å². The van der Waals surface area contributed by atoms with Gasteiger partial charge in [-0.1, -0.05) is 0 Å². The van der Waals surface area contributed by atoms with Gasteiger partial charge in [-0.2, -0.15) is 0 Å². The summed E-state index contributed by atoms with van der Waals surface area (Å²) in [7, 11) is 0. The molecule has 0 saturated heterocycles. The van der Waals surface area contributed by atoms with Gasteiger partial charge in [0, 0.05) is 23.9 Å². The predicted octanol–water partition coefficient (Wildman–Crippen LogP) is 0.289. The van der Waals surface area contributed by atoms with Crippen LogP contribution in [0.5, 0.6) is 0 Å². The fourth-order valence-corrected chi connectivity index (χ4v) is 1.56. The van der Waals surface area contributed by atoms with E-state index in [1.807, 2.05) is 0 Å². The molecule has 0 radical (unpaired) electrons. The Hall–Kier alpha value is -1.98. The van der Waals surface area contributed by atoms with Gasteiger partial charge in [-0.25, -0.2) is 8.78 Å². The molecule has 0 bridgehead atoms. The fourth-order valence-electron chi connectivity index (χ4n) is 1.56. The quantitative estimate of drug-likeness (QED) is 0.825. The number of hydrogen-bond acceptors (Lipinski definition) is 3. The zero-order chi connectivity index (χ0) is 12.6. The minimum atomic E-state index is -1.30. The highest BCUT2D eigenvalue weighted by Gasteiger charge is 2.44. The molecule has 0 spiro atoms. The Balaban J connectivity index is 2.04. The second-order valence-corrected chi connectivity index (χ2v) is 3.88. The van der Waals surface area contributed by atoms with Crippen LogP contribution in [0.15, 0.2) is 18.2 Å². The smallest absolute Gasteiger partial charge is 0.228 e. The van der Waals surface area contributed by atoms with Gasteiger partial charge in [0.25, 0.3) is 0 Å². The predicted molar refractivity (Wildman–Crippen MR) is 51.6 cm³/mol. The standard InChI is InChI=1S/C11H9F2NO3/c12-5-1-2-8(13)9(3-5)14-10(15)6-4-7(6)11(16)17/h1-3,6-7H,4H2,(H,14,15)(H,16,17)/p-1/t6-,7-/m0/s1. The van der Waals surface area contributed by atoms with Crippen molar-refractivity contribution >= 4 is 17.6 Å². The van der Waals surface area contributed by atoms with Crippen molar-refractivity contribution < 1.29 is 23.5 Å². The van der Waals surface area contributed by atoms with Gasteiger partial charge in [0.15, 0.2) is 0 Å². The molecule has 1 aliphatic carbocycles. The van der Waals surface area contributed by atoms with E-state index in [1.54, 1.807) is 0 Å². The zero-order valence-corrected chi connectivity index (χ0v) is 8.57. The summed E-state index contributed by atoms with van der Waals surface area (Å²) in [6, 6.07) is 2.64. The molecule has 1 fully saturated rings. The number of carbonyl (C=O) groups is 2. The van der Waals surface area contributed by atoms with E-state index in [0.717, 1.165) is 18.2 Å². The van der Waals surface area contributed by atoms with E-state index in [2.05, 4.69) is 5.32 Å². The number of amides is 1. The molecule has 2 rings (SSSR count). The molecule has 1 aromatic carbocycles. The fraction of sp³-hybridized carbons (Fsp3) is 0.273. The maximum absolute atomic E-state index is 13.2. The van der Waals surface area contributed by atoms with Crippen molar-refractivity contribution in [2.45, 2.75) is 6.42 Å². The summed E-state index contributed by atoms with van der Waals surface area (Å²) >= 11 is 0. The second kappa shape index (κ2) is 4.12. The van der Waals surface area contributed by atoms with Gasteiger partial charge in [-0.3, -0.25) is 4.79 Å². The van der Waals surface area contributed by atoms with E-state index in [4.69, 9.17) is 0 Å². The molecular formula is C11H8F2NO3-. The highest BCUT2D eigenvalue weighted by molar-refractivity contribution is 5.98. The molecule has 1 amide bonds. The molecule has 0 unspecified atom stereocenters. The summed E-state index contributed by atoms with van der Waals surface area (Å²) in [5, 5.41) is 12.6. The summed E-state index contributed by atoms with van der Waals surface area (Å²) in [6.07, 6.45) is 0.172. The van der Waals surface area contributed by atoms with E-state index in [-0.39, 0.29) is 12.1 Å². The van der Waals surface area contributed by atoms with Crippen LogP contribution < -0.4 is 10.4 Å². The molecule has 2 atom stereocenters. The third kappa shape index (κ3) is 2.41. The third-order valence-electron chi connectivity index (χ3n) is 2.62. The molecule has 0 aromatic heterocycles. The van der Waals surface area contributed by atoms with Gasteiger partial charge in [-0.05, 0) is 18.6 Å². The van der Waals surface area contributed by atoms with Gasteiger partial charge >= 0.3 is 0 Å². The first-order valence-corrected chi connectivity index (χ1v) is 4.96. The lowest BCUT2D eigenvalue weighted by atomic mass is 10.2. The van der Waals surface area contributed by atoms with Crippen LogP contribution in [0.1, 0.15) is 6.42 Å². The molecule has 0 aliphatic heterocycles. The molecule has 1 aromatic rings. The first-order chi connectivity index (χ1) is 7.99. The first kappa shape index (κ1) is 11.5. The molecule has 17 heavy (non-hydrogen) atoms. The number of rotatable bonds is 3. The Labute approximate surface area is 95.2 Å². The number of anilines is 1. The molecule has 6 heteroatoms. The van der Waals surface area contributed by atoms with Crippen LogP contribution in [-0.2, 0) is 9.59 Å². The van der Waals surface area contributed by atoms with E-state index in [1.165, 1.54) is 0 Å². The Morgan fingerprint density at radius 2 is 2.00 bits per heavy atom. The lowest BCUT2D eigenvalue weighted by Gasteiger charge is -2.06. The van der Waals surface area contributed by atoms with Crippen LogP contribution in [0.25, 0.3) is 0 Å². The van der Waals surface area contributed by atoms with Gasteiger partial charge < -0.3 is 15.2 Å². The Bertz CT molecular complexity index is 490. The number of hydrogen-bond donors (Lipinski definition) is 1. The van der Waals surface area contributed by atoms with E-state index in [0.29, 0.717) is 0 Å². The maximum Gasteiger partial charge on any atom is 0.228 e. The molecule has 1 N–H and O–H groups in total. The van der Waals surface area contributed by atoms with Gasteiger partial charge in [0.1, 0.15) is 11.6 Å². The molecule has 0 heterocycles. The highest BCUT2D eigenvalue weighted by Crippen LogP contribution is 2.38. The molecular weight excluding hydrogens is 232 g/mol. The first-order valence-electron chi connectivity index (χ1n) is 4.96. The molecule has 90 valence electrons. The number of benzene rings is 1.